The molecule has 0 radical (unpaired) electrons. The topological polar surface area (TPSA) is 52.6 Å². The van der Waals surface area contributed by atoms with E-state index in [2.05, 4.69) is 18.8 Å². The van der Waals surface area contributed by atoms with Crippen LogP contribution in [0.5, 0.6) is 0 Å². The summed E-state index contributed by atoms with van der Waals surface area (Å²) in [6, 6.07) is 0. The van der Waals surface area contributed by atoms with Crippen LogP contribution in [-0.4, -0.2) is 24.6 Å². The van der Waals surface area contributed by atoms with Gasteiger partial charge in [-0.25, -0.2) is 9.59 Å². The Morgan fingerprint density at radius 1 is 0.957 bits per heavy atom. The Balaban J connectivity index is 3.75. The van der Waals surface area contributed by atoms with Gasteiger partial charge in [0, 0.05) is 12.2 Å². The molecule has 0 aliphatic heterocycles. The van der Waals surface area contributed by atoms with Crippen molar-refractivity contribution in [3.05, 3.63) is 12.2 Å². The van der Waals surface area contributed by atoms with Crippen molar-refractivity contribution < 1.29 is 19.1 Å². The van der Waals surface area contributed by atoms with Gasteiger partial charge < -0.3 is 9.47 Å². The van der Waals surface area contributed by atoms with E-state index in [0.717, 1.165) is 25.0 Å². The van der Waals surface area contributed by atoms with Gasteiger partial charge in [-0.2, -0.15) is 0 Å². The molecule has 0 heterocycles. The molecule has 0 bridgehead atoms. The Morgan fingerprint density at radius 2 is 1.57 bits per heavy atom. The van der Waals surface area contributed by atoms with Crippen molar-refractivity contribution in [3.8, 4) is 11.8 Å². The van der Waals surface area contributed by atoms with E-state index in [-0.39, 0.29) is 0 Å². The second-order valence-corrected chi connectivity index (χ2v) is 5.35. The summed E-state index contributed by atoms with van der Waals surface area (Å²) < 4.78 is 10.1. The summed E-state index contributed by atoms with van der Waals surface area (Å²) in [7, 11) is 0. The van der Waals surface area contributed by atoms with Gasteiger partial charge in [0.1, 0.15) is 0 Å². The molecule has 0 aromatic carbocycles. The van der Waals surface area contributed by atoms with Gasteiger partial charge >= 0.3 is 11.9 Å². The second-order valence-electron chi connectivity index (χ2n) is 5.35. The van der Waals surface area contributed by atoms with Crippen molar-refractivity contribution in [3.63, 3.8) is 0 Å². The van der Waals surface area contributed by atoms with E-state index in [9.17, 15) is 9.59 Å². The summed E-state index contributed by atoms with van der Waals surface area (Å²) in [6.45, 7) is 6.16. The lowest BCUT2D eigenvalue weighted by Crippen LogP contribution is -2.14. The molecule has 0 saturated heterocycles. The maximum atomic E-state index is 11.5. The molecular formula is C19H30O4. The molecule has 0 fully saturated rings. The van der Waals surface area contributed by atoms with Crippen LogP contribution in [0.1, 0.15) is 72.1 Å². The second kappa shape index (κ2) is 15.1. The Labute approximate surface area is 140 Å². The lowest BCUT2D eigenvalue weighted by atomic mass is 10.1. The van der Waals surface area contributed by atoms with Crippen LogP contribution < -0.4 is 0 Å². The van der Waals surface area contributed by atoms with Crippen molar-refractivity contribution in [2.45, 2.75) is 78.2 Å². The van der Waals surface area contributed by atoms with Gasteiger partial charge in [-0.1, -0.05) is 58.3 Å². The summed E-state index contributed by atoms with van der Waals surface area (Å²) >= 11 is 0. The van der Waals surface area contributed by atoms with Gasteiger partial charge in [0.15, 0.2) is 6.10 Å². The summed E-state index contributed by atoms with van der Waals surface area (Å²) in [4.78, 5) is 23.0. The number of carbonyl (C=O) groups is 2. The Hall–Kier alpha value is -1.76. The van der Waals surface area contributed by atoms with Crippen LogP contribution in [0.3, 0.4) is 0 Å². The highest BCUT2D eigenvalue weighted by Gasteiger charge is 2.07. The van der Waals surface area contributed by atoms with Crippen molar-refractivity contribution in [2.24, 2.45) is 0 Å². The Morgan fingerprint density at radius 3 is 2.17 bits per heavy atom. The van der Waals surface area contributed by atoms with Crippen LogP contribution in [0, 0.1) is 11.8 Å². The molecule has 0 amide bonds. The molecule has 130 valence electrons. The molecule has 1 unspecified atom stereocenters. The van der Waals surface area contributed by atoms with Gasteiger partial charge in [-0.3, -0.25) is 0 Å². The zero-order valence-electron chi connectivity index (χ0n) is 14.7. The molecule has 0 spiro atoms. The Kier molecular flexibility index (Phi) is 14.0. The van der Waals surface area contributed by atoms with Crippen LogP contribution in [0.4, 0.5) is 0 Å². The minimum absolute atomic E-state index is 0.394. The molecular weight excluding hydrogens is 292 g/mol. The molecule has 0 rings (SSSR count). The van der Waals surface area contributed by atoms with Gasteiger partial charge in [0.25, 0.3) is 0 Å². The normalized spacial score (nSPS) is 11.6. The lowest BCUT2D eigenvalue weighted by Gasteiger charge is -2.07. The first-order valence-electron chi connectivity index (χ1n) is 8.61. The highest BCUT2D eigenvalue weighted by molar-refractivity contribution is 5.91. The number of hydrogen-bond donors (Lipinski definition) is 0. The average Bonchev–Trinajstić information content (AvgIpc) is 2.55. The number of carbonyl (C=O) groups excluding carboxylic acids is 2. The van der Waals surface area contributed by atoms with Crippen LogP contribution in [-0.2, 0) is 19.1 Å². The third-order valence-electron chi connectivity index (χ3n) is 3.28. The van der Waals surface area contributed by atoms with Crippen LogP contribution >= 0.6 is 0 Å². The Bertz CT molecular complexity index is 415. The molecule has 0 N–H and O–H groups in total. The van der Waals surface area contributed by atoms with E-state index in [1.54, 1.807) is 6.92 Å². The van der Waals surface area contributed by atoms with Gasteiger partial charge in [0.05, 0.1) is 6.61 Å². The van der Waals surface area contributed by atoms with E-state index >= 15 is 0 Å². The zero-order chi connectivity index (χ0) is 17.3. The molecule has 1 atom stereocenters. The summed E-state index contributed by atoms with van der Waals surface area (Å²) in [5, 5.41) is 0. The smallest absolute Gasteiger partial charge is 0.332 e. The minimum atomic E-state index is -0.576. The predicted octanol–water partition coefficient (Wildman–Crippen LogP) is 4.18. The SMILES string of the molecule is CC#CC(CC)OC(=O)/C=C/C(=O)OCCCCCCCCC. The first-order chi connectivity index (χ1) is 11.1. The number of rotatable bonds is 12. The van der Waals surface area contributed by atoms with Crippen LogP contribution in [0.2, 0.25) is 0 Å². The van der Waals surface area contributed by atoms with Crippen molar-refractivity contribution >= 4 is 11.9 Å². The molecule has 23 heavy (non-hydrogen) atoms. The van der Waals surface area contributed by atoms with Gasteiger partial charge in [0.2, 0.25) is 0 Å². The van der Waals surface area contributed by atoms with Crippen molar-refractivity contribution in [2.75, 3.05) is 6.61 Å². The average molecular weight is 322 g/mol. The molecule has 4 heteroatoms. The lowest BCUT2D eigenvalue weighted by molar-refractivity contribution is -0.142. The molecule has 0 aromatic rings. The maximum Gasteiger partial charge on any atom is 0.332 e. The predicted molar refractivity (Wildman–Crippen MR) is 91.7 cm³/mol. The third-order valence-corrected chi connectivity index (χ3v) is 3.28. The standard InChI is InChI=1S/C19H30O4/c1-4-7-8-9-10-11-12-16-22-18(20)14-15-19(21)23-17(6-3)13-5-2/h14-15,17H,4,6-12,16H2,1-3H3/b15-14+. The molecule has 0 aromatic heterocycles. The molecule has 0 aliphatic carbocycles. The fourth-order valence-corrected chi connectivity index (χ4v) is 1.97. The molecule has 0 saturated carbocycles. The van der Waals surface area contributed by atoms with E-state index in [1.807, 2.05) is 6.92 Å². The fourth-order valence-electron chi connectivity index (χ4n) is 1.97. The van der Waals surface area contributed by atoms with E-state index in [0.29, 0.717) is 13.0 Å². The summed E-state index contributed by atoms with van der Waals surface area (Å²) in [5.74, 6) is 4.39. The van der Waals surface area contributed by atoms with Crippen molar-refractivity contribution in [1.82, 2.24) is 0 Å². The van der Waals surface area contributed by atoms with Crippen LogP contribution in [0.15, 0.2) is 12.2 Å². The van der Waals surface area contributed by atoms with E-state index in [1.165, 1.54) is 32.1 Å². The quantitative estimate of drug-likeness (QED) is 0.234. The van der Waals surface area contributed by atoms with Gasteiger partial charge in [-0.15, -0.1) is 5.92 Å². The highest BCUT2D eigenvalue weighted by atomic mass is 16.5. The maximum absolute atomic E-state index is 11.5. The first-order valence-corrected chi connectivity index (χ1v) is 8.61. The van der Waals surface area contributed by atoms with Crippen LogP contribution in [0.25, 0.3) is 0 Å². The number of ether oxygens (including phenoxy) is 2. The molecule has 0 aliphatic rings. The fraction of sp³-hybridized carbons (Fsp3) is 0.684. The third kappa shape index (κ3) is 13.6. The number of esters is 2. The number of unbranched alkanes of at least 4 members (excludes halogenated alkanes) is 6. The summed E-state index contributed by atoms with van der Waals surface area (Å²) in [5.41, 5.74) is 0. The monoisotopic (exact) mass is 322 g/mol. The highest BCUT2D eigenvalue weighted by Crippen LogP contribution is 2.07. The first kappa shape index (κ1) is 21.2. The van der Waals surface area contributed by atoms with E-state index in [4.69, 9.17) is 9.47 Å². The number of hydrogen-bond acceptors (Lipinski definition) is 4. The van der Waals surface area contributed by atoms with Crippen molar-refractivity contribution in [1.29, 1.82) is 0 Å². The van der Waals surface area contributed by atoms with E-state index < -0.39 is 18.0 Å². The zero-order valence-corrected chi connectivity index (χ0v) is 14.7. The largest absolute Gasteiger partial charge is 0.463 e. The molecule has 4 nitrogen and oxygen atoms in total. The summed E-state index contributed by atoms with van der Waals surface area (Å²) in [6.07, 6.45) is 10.5. The minimum Gasteiger partial charge on any atom is -0.463 e. The van der Waals surface area contributed by atoms with Gasteiger partial charge in [-0.05, 0) is 19.8 Å².